The molecule has 0 fully saturated rings. The Bertz CT molecular complexity index is 8460. The Balaban J connectivity index is 0.000000140. The number of hydrogen-bond donors (Lipinski definition) is 0. The molecule has 0 amide bonds. The van der Waals surface area contributed by atoms with Crippen LogP contribution in [0.1, 0.15) is 0 Å². The van der Waals surface area contributed by atoms with Gasteiger partial charge in [0.25, 0.3) is 0 Å². The first-order valence-electron chi connectivity index (χ1n) is 44.3. The summed E-state index contributed by atoms with van der Waals surface area (Å²) in [5, 5.41) is 18.9. The molecule has 0 saturated carbocycles. The summed E-state index contributed by atoms with van der Waals surface area (Å²) in [5.74, 6) is 0. The maximum Gasteiger partial charge on any atom is 0.136 e. The first-order chi connectivity index (χ1) is 64.4. The Labute approximate surface area is 749 Å². The summed E-state index contributed by atoms with van der Waals surface area (Å²) >= 11 is 0. The summed E-state index contributed by atoms with van der Waals surface area (Å²) in [5.41, 5.74) is 32.1. The van der Waals surface area contributed by atoms with Crippen LogP contribution in [-0.2, 0) is 0 Å². The van der Waals surface area contributed by atoms with Crippen LogP contribution in [0.15, 0.2) is 491 Å². The minimum absolute atomic E-state index is 0.891. The lowest BCUT2D eigenvalue weighted by Gasteiger charge is -2.26. The van der Waals surface area contributed by atoms with Gasteiger partial charge in [0, 0.05) is 77.2 Å². The monoisotopic (exact) mass is 1660 g/mol. The van der Waals surface area contributed by atoms with Crippen LogP contribution in [0.5, 0.6) is 0 Å². The van der Waals surface area contributed by atoms with E-state index >= 15 is 0 Å². The molecule has 0 saturated heterocycles. The van der Waals surface area contributed by atoms with Crippen LogP contribution in [0.25, 0.3) is 220 Å². The molecule has 130 heavy (non-hydrogen) atoms. The highest BCUT2D eigenvalue weighted by molar-refractivity contribution is 6.23. The first kappa shape index (κ1) is 75.2. The third kappa shape index (κ3) is 13.4. The van der Waals surface area contributed by atoms with E-state index < -0.39 is 0 Å². The average molecular weight is 1660 g/mol. The minimum Gasteiger partial charge on any atom is -0.456 e. The van der Waals surface area contributed by atoms with Crippen molar-refractivity contribution in [1.82, 2.24) is 0 Å². The van der Waals surface area contributed by atoms with Crippen LogP contribution >= 0.6 is 0 Å². The molecule has 4 aromatic heterocycles. The number of nitrogens with zero attached hydrogens (tertiary/aromatic N) is 2. The van der Waals surface area contributed by atoms with Crippen molar-refractivity contribution in [2.24, 2.45) is 0 Å². The van der Waals surface area contributed by atoms with Gasteiger partial charge in [-0.25, -0.2) is 0 Å². The predicted octanol–water partition coefficient (Wildman–Crippen LogP) is 35.9. The summed E-state index contributed by atoms with van der Waals surface area (Å²) in [7, 11) is 0. The highest BCUT2D eigenvalue weighted by atomic mass is 16.3. The van der Waals surface area contributed by atoms with Crippen LogP contribution < -0.4 is 9.80 Å². The van der Waals surface area contributed by atoms with Gasteiger partial charge in [0.2, 0.25) is 0 Å². The lowest BCUT2D eigenvalue weighted by molar-refractivity contribution is 0.669. The standard InChI is InChI=1S/2C62H39NO2/c1-2-9-40(10-3-1)46-13-8-14-47(37-46)41-17-27-50(28-18-41)63(51-29-19-42(20-30-51)48-23-33-55-59(38-48)64-57-35-25-44-11-4-6-15-53(44)61(55)57)52-31-21-43(22-32-52)49-24-34-56-60(39-49)65-58-36-26-45-12-5-7-16-54(45)62(56)58;1-2-8-40(9-3-1)41-14-16-42(17-15-41)43-18-28-50(29-19-43)63(51-30-20-44(21-31-51)48-24-34-55-59(38-48)64-57-36-26-46-10-4-6-12-53(46)61(55)57)52-32-22-45(23-33-52)49-25-35-56-60(39-49)65-58-37-27-47-11-5-7-13-54(47)62(56)58/h2*1-39H. The van der Waals surface area contributed by atoms with E-state index in [0.29, 0.717) is 0 Å². The predicted molar refractivity (Wildman–Crippen MR) is 545 cm³/mol. The van der Waals surface area contributed by atoms with Crippen LogP contribution in [-0.4, -0.2) is 0 Å². The molecule has 0 bridgehead atoms. The number of furan rings is 4. The van der Waals surface area contributed by atoms with Gasteiger partial charge in [0.1, 0.15) is 44.7 Å². The zero-order valence-electron chi connectivity index (χ0n) is 70.6. The molecule has 0 spiro atoms. The Morgan fingerprint density at radius 1 is 0.115 bits per heavy atom. The second-order valence-electron chi connectivity index (χ2n) is 33.7. The normalized spacial score (nSPS) is 11.7. The van der Waals surface area contributed by atoms with Gasteiger partial charge < -0.3 is 27.5 Å². The van der Waals surface area contributed by atoms with Crippen LogP contribution in [0.3, 0.4) is 0 Å². The maximum atomic E-state index is 6.45. The van der Waals surface area contributed by atoms with Gasteiger partial charge >= 0.3 is 0 Å². The molecule has 6 heteroatoms. The van der Waals surface area contributed by atoms with Crippen molar-refractivity contribution in [3.63, 3.8) is 0 Å². The molecule has 0 aliphatic heterocycles. The fourth-order valence-corrected chi connectivity index (χ4v) is 19.6. The van der Waals surface area contributed by atoms with E-state index in [-0.39, 0.29) is 0 Å². The van der Waals surface area contributed by atoms with Gasteiger partial charge in [-0.1, -0.05) is 322 Å². The zero-order valence-corrected chi connectivity index (χ0v) is 70.6. The summed E-state index contributed by atoms with van der Waals surface area (Å²) in [6.45, 7) is 0. The van der Waals surface area contributed by atoms with Gasteiger partial charge in [-0.3, -0.25) is 0 Å². The molecule has 0 aliphatic rings. The second-order valence-corrected chi connectivity index (χ2v) is 33.7. The Kier molecular flexibility index (Phi) is 18.2. The van der Waals surface area contributed by atoms with Crippen LogP contribution in [0.2, 0.25) is 0 Å². The third-order valence-corrected chi connectivity index (χ3v) is 26.2. The van der Waals surface area contributed by atoms with Crippen LogP contribution in [0, 0.1) is 0 Å². The summed E-state index contributed by atoms with van der Waals surface area (Å²) in [6.07, 6.45) is 0. The van der Waals surface area contributed by atoms with Crippen molar-refractivity contribution in [3.05, 3.63) is 473 Å². The van der Waals surface area contributed by atoms with Crippen molar-refractivity contribution < 1.29 is 17.7 Å². The topological polar surface area (TPSA) is 59.0 Å². The van der Waals surface area contributed by atoms with Gasteiger partial charge in [0.05, 0.1) is 0 Å². The van der Waals surface area contributed by atoms with Gasteiger partial charge in [0.15, 0.2) is 0 Å². The van der Waals surface area contributed by atoms with E-state index in [1.54, 1.807) is 0 Å². The van der Waals surface area contributed by atoms with Crippen molar-refractivity contribution in [2.45, 2.75) is 0 Å². The average Bonchev–Trinajstić information content (AvgIpc) is 1.61. The molecule has 26 aromatic rings. The van der Waals surface area contributed by atoms with Crippen LogP contribution in [0.4, 0.5) is 34.1 Å². The van der Waals surface area contributed by atoms with Crippen molar-refractivity contribution in [1.29, 1.82) is 0 Å². The lowest BCUT2D eigenvalue weighted by Crippen LogP contribution is -2.09. The van der Waals surface area contributed by atoms with E-state index in [4.69, 9.17) is 17.7 Å². The Hall–Kier alpha value is -17.3. The SMILES string of the molecule is c1ccc(-c2ccc(-c3ccc(N(c4ccc(-c5ccc6c(c5)oc5ccc7ccccc7c56)cc4)c4ccc(-c5ccc6c(c5)oc5ccc7ccccc7c56)cc4)cc3)cc2)cc1.c1ccc(-c2cccc(-c3ccc(N(c4ccc(-c5ccc6c(c5)oc5ccc7ccccc7c56)cc4)c4ccc(-c5ccc6c(c5)oc5ccc7ccccc7c56)cc4)cc3)c2)cc1. The molecule has 26 rings (SSSR count). The lowest BCUT2D eigenvalue weighted by atomic mass is 9.98. The van der Waals surface area contributed by atoms with E-state index in [1.807, 2.05) is 0 Å². The van der Waals surface area contributed by atoms with Gasteiger partial charge in [-0.15, -0.1) is 0 Å². The van der Waals surface area contributed by atoms with Gasteiger partial charge in [-0.05, 0) is 284 Å². The molecule has 22 aromatic carbocycles. The van der Waals surface area contributed by atoms with E-state index in [9.17, 15) is 0 Å². The number of hydrogen-bond acceptors (Lipinski definition) is 6. The summed E-state index contributed by atoms with van der Waals surface area (Å²) in [6, 6.07) is 169. The van der Waals surface area contributed by atoms with Gasteiger partial charge in [-0.2, -0.15) is 0 Å². The largest absolute Gasteiger partial charge is 0.456 e. The molecule has 4 heterocycles. The molecular formula is C124H78N2O4. The number of fused-ring (bicyclic) bond motifs is 20. The molecule has 0 aliphatic carbocycles. The number of rotatable bonds is 14. The highest BCUT2D eigenvalue weighted by Gasteiger charge is 2.22. The number of benzene rings is 22. The maximum absolute atomic E-state index is 6.45. The fraction of sp³-hybridized carbons (Fsp3) is 0. The summed E-state index contributed by atoms with van der Waals surface area (Å²) in [4.78, 5) is 4.66. The fourth-order valence-electron chi connectivity index (χ4n) is 19.6. The molecular weight excluding hydrogens is 1580 g/mol. The first-order valence-corrected chi connectivity index (χ1v) is 44.3. The molecule has 0 radical (unpaired) electrons. The molecule has 0 unspecified atom stereocenters. The van der Waals surface area contributed by atoms with Crippen molar-refractivity contribution >= 4 is 165 Å². The molecule has 608 valence electrons. The summed E-state index contributed by atoms with van der Waals surface area (Å²) < 4.78 is 25.8. The second kappa shape index (κ2) is 31.4. The Morgan fingerprint density at radius 2 is 0.300 bits per heavy atom. The van der Waals surface area contributed by atoms with Crippen molar-refractivity contribution in [2.75, 3.05) is 9.80 Å². The van der Waals surface area contributed by atoms with E-state index in [2.05, 4.69) is 483 Å². The number of anilines is 6. The zero-order chi connectivity index (χ0) is 85.7. The van der Waals surface area contributed by atoms with E-state index in [0.717, 1.165) is 145 Å². The van der Waals surface area contributed by atoms with E-state index in [1.165, 1.54) is 109 Å². The minimum atomic E-state index is 0.891. The Morgan fingerprint density at radius 3 is 0.554 bits per heavy atom. The quantitative estimate of drug-likeness (QED) is 0.108. The highest BCUT2D eigenvalue weighted by Crippen LogP contribution is 2.47. The third-order valence-electron chi connectivity index (χ3n) is 26.2. The molecule has 6 nitrogen and oxygen atoms in total. The molecule has 0 N–H and O–H groups in total. The van der Waals surface area contributed by atoms with Crippen molar-refractivity contribution in [3.8, 4) is 89.0 Å². The smallest absolute Gasteiger partial charge is 0.136 e. The molecule has 0 atom stereocenters.